The van der Waals surface area contributed by atoms with Gasteiger partial charge < -0.3 is 4.74 Å². The van der Waals surface area contributed by atoms with Gasteiger partial charge in [-0.15, -0.1) is 0 Å². The van der Waals surface area contributed by atoms with Gasteiger partial charge in [0.1, 0.15) is 11.9 Å². The van der Waals surface area contributed by atoms with E-state index in [1.165, 1.54) is 44.9 Å². The van der Waals surface area contributed by atoms with Crippen LogP contribution in [-0.2, 0) is 14.3 Å². The number of ether oxygens (including phenoxy) is 1. The minimum absolute atomic E-state index is 0.0109. The zero-order chi connectivity index (χ0) is 18.5. The molecule has 3 nitrogen and oxygen atoms in total. The Hall–Kier alpha value is -0.860. The van der Waals surface area contributed by atoms with Crippen molar-refractivity contribution in [3.63, 3.8) is 0 Å². The summed E-state index contributed by atoms with van der Waals surface area (Å²) in [5.41, 5.74) is 0. The molecule has 148 valence electrons. The van der Waals surface area contributed by atoms with Crippen LogP contribution in [0, 0.1) is 29.6 Å². The third-order valence-electron chi connectivity index (χ3n) is 7.51. The van der Waals surface area contributed by atoms with Gasteiger partial charge in [-0.2, -0.15) is 0 Å². The Morgan fingerprint density at radius 1 is 0.731 bits per heavy atom. The topological polar surface area (TPSA) is 43.4 Å². The molecule has 3 aliphatic rings. The Morgan fingerprint density at radius 2 is 1.23 bits per heavy atom. The van der Waals surface area contributed by atoms with Crippen molar-refractivity contribution in [1.82, 2.24) is 0 Å². The molecule has 3 heteroatoms. The highest BCUT2D eigenvalue weighted by Crippen LogP contribution is 2.38. The maximum atomic E-state index is 12.5. The van der Waals surface area contributed by atoms with E-state index in [9.17, 15) is 9.59 Å². The molecule has 0 aromatic heterocycles. The third kappa shape index (κ3) is 5.57. The van der Waals surface area contributed by atoms with Crippen LogP contribution < -0.4 is 0 Å². The van der Waals surface area contributed by atoms with Crippen molar-refractivity contribution in [3.05, 3.63) is 0 Å². The number of Topliss-reactive ketones (excluding diaryl/α,β-unsaturated/α-hetero) is 1. The Bertz CT molecular complexity index is 462. The average molecular weight is 363 g/mol. The molecular weight excluding hydrogens is 324 g/mol. The summed E-state index contributed by atoms with van der Waals surface area (Å²) < 4.78 is 5.86. The third-order valence-corrected chi connectivity index (χ3v) is 7.51. The van der Waals surface area contributed by atoms with Crippen molar-refractivity contribution in [3.8, 4) is 0 Å². The number of esters is 1. The lowest BCUT2D eigenvalue weighted by atomic mass is 9.75. The second-order valence-corrected chi connectivity index (χ2v) is 9.60. The molecule has 3 saturated carbocycles. The van der Waals surface area contributed by atoms with Crippen LogP contribution in [0.25, 0.3) is 0 Å². The summed E-state index contributed by atoms with van der Waals surface area (Å²) in [6, 6.07) is 0. The smallest absolute Gasteiger partial charge is 0.309 e. The van der Waals surface area contributed by atoms with Gasteiger partial charge >= 0.3 is 5.97 Å². The van der Waals surface area contributed by atoms with Gasteiger partial charge in [-0.1, -0.05) is 32.6 Å². The van der Waals surface area contributed by atoms with Crippen LogP contribution in [-0.4, -0.2) is 17.9 Å². The van der Waals surface area contributed by atoms with Crippen LogP contribution in [0.3, 0.4) is 0 Å². The van der Waals surface area contributed by atoms with E-state index in [2.05, 4.69) is 6.92 Å². The Kier molecular flexibility index (Phi) is 7.17. The molecule has 0 N–H and O–H groups in total. The standard InChI is InChI=1S/C23H38O3/c1-16-3-5-18(6-4-16)15-19-7-13-22(14-8-19)26-23(25)21-11-9-20(10-12-21)17(2)24/h16,18-22H,3-15H2,1-2H3. The van der Waals surface area contributed by atoms with E-state index in [4.69, 9.17) is 4.74 Å². The Labute approximate surface area is 159 Å². The van der Waals surface area contributed by atoms with E-state index in [-0.39, 0.29) is 29.7 Å². The molecule has 0 heterocycles. The first-order valence-electron chi connectivity index (χ1n) is 11.2. The van der Waals surface area contributed by atoms with Crippen molar-refractivity contribution < 1.29 is 14.3 Å². The number of carbonyl (C=O) groups excluding carboxylic acids is 2. The van der Waals surface area contributed by atoms with Crippen LogP contribution in [0.2, 0.25) is 0 Å². The molecule has 3 aliphatic carbocycles. The van der Waals surface area contributed by atoms with Crippen LogP contribution in [0.1, 0.15) is 97.3 Å². The van der Waals surface area contributed by atoms with Crippen LogP contribution in [0.5, 0.6) is 0 Å². The van der Waals surface area contributed by atoms with E-state index in [1.54, 1.807) is 6.92 Å². The highest BCUT2D eigenvalue weighted by molar-refractivity contribution is 5.79. The maximum Gasteiger partial charge on any atom is 0.309 e. The molecule has 0 aliphatic heterocycles. The van der Waals surface area contributed by atoms with Crippen molar-refractivity contribution in [1.29, 1.82) is 0 Å². The Balaban J connectivity index is 1.33. The highest BCUT2D eigenvalue weighted by Gasteiger charge is 2.32. The largest absolute Gasteiger partial charge is 0.462 e. The molecule has 0 aromatic carbocycles. The number of hydrogen-bond donors (Lipinski definition) is 0. The molecule has 26 heavy (non-hydrogen) atoms. The van der Waals surface area contributed by atoms with E-state index in [0.29, 0.717) is 0 Å². The fraction of sp³-hybridized carbons (Fsp3) is 0.913. The lowest BCUT2D eigenvalue weighted by Gasteiger charge is -2.34. The normalized spacial score (nSPS) is 38.5. The molecule has 0 amide bonds. The summed E-state index contributed by atoms with van der Waals surface area (Å²) in [7, 11) is 0. The van der Waals surface area contributed by atoms with Gasteiger partial charge in [0.25, 0.3) is 0 Å². The quantitative estimate of drug-likeness (QED) is 0.589. The molecule has 0 aromatic rings. The maximum absolute atomic E-state index is 12.5. The molecule has 3 rings (SSSR count). The van der Waals surface area contributed by atoms with Gasteiger partial charge in [0.15, 0.2) is 0 Å². The lowest BCUT2D eigenvalue weighted by Crippen LogP contribution is -2.31. The molecule has 0 unspecified atom stereocenters. The zero-order valence-corrected chi connectivity index (χ0v) is 16.9. The lowest BCUT2D eigenvalue weighted by molar-refractivity contribution is -0.158. The first-order valence-corrected chi connectivity index (χ1v) is 11.2. The summed E-state index contributed by atoms with van der Waals surface area (Å²) in [4.78, 5) is 23.9. The predicted molar refractivity (Wildman–Crippen MR) is 104 cm³/mol. The van der Waals surface area contributed by atoms with Crippen LogP contribution in [0.15, 0.2) is 0 Å². The van der Waals surface area contributed by atoms with Gasteiger partial charge in [-0.05, 0) is 82.5 Å². The minimum atomic E-state index is 0.0109. The van der Waals surface area contributed by atoms with Gasteiger partial charge in [0.2, 0.25) is 0 Å². The van der Waals surface area contributed by atoms with Crippen molar-refractivity contribution in [2.45, 2.75) is 103 Å². The molecule has 0 atom stereocenters. The van der Waals surface area contributed by atoms with Gasteiger partial charge in [-0.25, -0.2) is 0 Å². The van der Waals surface area contributed by atoms with Crippen LogP contribution >= 0.6 is 0 Å². The number of hydrogen-bond acceptors (Lipinski definition) is 3. The van der Waals surface area contributed by atoms with Gasteiger partial charge in [-0.3, -0.25) is 9.59 Å². The highest BCUT2D eigenvalue weighted by atomic mass is 16.5. The second-order valence-electron chi connectivity index (χ2n) is 9.60. The van der Waals surface area contributed by atoms with E-state index >= 15 is 0 Å². The van der Waals surface area contributed by atoms with Gasteiger partial charge in [0.05, 0.1) is 5.92 Å². The molecule has 0 radical (unpaired) electrons. The SMILES string of the molecule is CC(=O)C1CCC(C(=O)OC2CCC(CC3CCC(C)CC3)CC2)CC1. The van der Waals surface area contributed by atoms with Crippen LogP contribution in [0.4, 0.5) is 0 Å². The van der Waals surface area contributed by atoms with Crippen molar-refractivity contribution in [2.75, 3.05) is 0 Å². The first kappa shape index (κ1) is 19.9. The average Bonchev–Trinajstić information content (AvgIpc) is 2.65. The zero-order valence-electron chi connectivity index (χ0n) is 16.9. The molecular formula is C23H38O3. The second kappa shape index (κ2) is 9.37. The van der Waals surface area contributed by atoms with E-state index < -0.39 is 0 Å². The van der Waals surface area contributed by atoms with Crippen molar-refractivity contribution in [2.24, 2.45) is 29.6 Å². The predicted octanol–water partition coefficient (Wildman–Crippen LogP) is 5.70. The summed E-state index contributed by atoms with van der Waals surface area (Å²) in [5, 5.41) is 0. The summed E-state index contributed by atoms with van der Waals surface area (Å²) in [6.45, 7) is 4.07. The van der Waals surface area contributed by atoms with E-state index in [1.807, 2.05) is 0 Å². The number of ketones is 1. The fourth-order valence-electron chi connectivity index (χ4n) is 5.52. The number of rotatable bonds is 5. The molecule has 0 saturated heterocycles. The summed E-state index contributed by atoms with van der Waals surface area (Å²) in [6.07, 6.45) is 15.2. The Morgan fingerprint density at radius 3 is 1.77 bits per heavy atom. The minimum Gasteiger partial charge on any atom is -0.462 e. The monoisotopic (exact) mass is 362 g/mol. The van der Waals surface area contributed by atoms with Crippen molar-refractivity contribution >= 4 is 11.8 Å². The number of carbonyl (C=O) groups is 2. The summed E-state index contributed by atoms with van der Waals surface area (Å²) >= 11 is 0. The fourth-order valence-corrected chi connectivity index (χ4v) is 5.52. The molecule has 0 spiro atoms. The molecule has 0 bridgehead atoms. The van der Waals surface area contributed by atoms with Gasteiger partial charge in [0, 0.05) is 5.92 Å². The summed E-state index contributed by atoms with van der Waals surface area (Å²) in [5.74, 6) is 3.25. The molecule has 3 fully saturated rings. The van der Waals surface area contributed by atoms with E-state index in [0.717, 1.165) is 56.3 Å². The first-order chi connectivity index (χ1) is 12.5.